The lowest BCUT2D eigenvalue weighted by Gasteiger charge is -1.97. The number of hydrogen-bond acceptors (Lipinski definition) is 2. The van der Waals surface area contributed by atoms with Crippen molar-refractivity contribution in [3.63, 3.8) is 0 Å². The van der Waals surface area contributed by atoms with E-state index >= 15 is 0 Å². The number of hydrogen-bond donors (Lipinski definition) is 0. The molecule has 1 fully saturated rings. The van der Waals surface area contributed by atoms with Crippen molar-refractivity contribution in [2.75, 3.05) is 0 Å². The fourth-order valence-electron chi connectivity index (χ4n) is 1.87. The molecule has 2 aromatic rings. The van der Waals surface area contributed by atoms with E-state index in [0.29, 0.717) is 0 Å². The zero-order valence-electron chi connectivity index (χ0n) is 8.29. The summed E-state index contributed by atoms with van der Waals surface area (Å²) in [5.74, 6) is 1.68. The van der Waals surface area contributed by atoms with E-state index in [1.54, 1.807) is 0 Å². The molecule has 0 amide bonds. The average Bonchev–Trinajstić information content (AvgIpc) is 2.86. The molecule has 14 heavy (non-hydrogen) atoms. The Morgan fingerprint density at radius 3 is 3.07 bits per heavy atom. The number of aromatic nitrogens is 1. The molecule has 0 radical (unpaired) electrons. The quantitative estimate of drug-likeness (QED) is 0.722. The first-order chi connectivity index (χ1) is 6.81. The van der Waals surface area contributed by atoms with Gasteiger partial charge in [0.15, 0.2) is 11.5 Å². The van der Waals surface area contributed by atoms with Gasteiger partial charge in [-0.3, -0.25) is 0 Å². The van der Waals surface area contributed by atoms with E-state index in [1.807, 2.05) is 6.92 Å². The van der Waals surface area contributed by atoms with Crippen molar-refractivity contribution < 1.29 is 4.42 Å². The minimum absolute atomic E-state index is 0.753. The van der Waals surface area contributed by atoms with Gasteiger partial charge in [0.05, 0.1) is 0 Å². The van der Waals surface area contributed by atoms with E-state index in [9.17, 15) is 0 Å². The highest BCUT2D eigenvalue weighted by atomic mass is 16.3. The van der Waals surface area contributed by atoms with Crippen molar-refractivity contribution in [1.29, 1.82) is 0 Å². The Labute approximate surface area is 82.9 Å². The first-order valence-corrected chi connectivity index (χ1v) is 5.17. The molecule has 0 bridgehead atoms. The van der Waals surface area contributed by atoms with E-state index in [1.165, 1.54) is 24.8 Å². The number of benzene rings is 1. The lowest BCUT2D eigenvalue weighted by molar-refractivity contribution is 0.560. The van der Waals surface area contributed by atoms with Gasteiger partial charge in [-0.05, 0) is 42.9 Å². The van der Waals surface area contributed by atoms with Crippen molar-refractivity contribution >= 4 is 11.1 Å². The van der Waals surface area contributed by atoms with Crippen molar-refractivity contribution in [2.45, 2.75) is 26.2 Å². The van der Waals surface area contributed by atoms with Crippen LogP contribution in [0, 0.1) is 12.8 Å². The fourth-order valence-corrected chi connectivity index (χ4v) is 1.87. The lowest BCUT2D eigenvalue weighted by Crippen LogP contribution is -1.85. The van der Waals surface area contributed by atoms with Crippen molar-refractivity contribution in [1.82, 2.24) is 4.98 Å². The summed E-state index contributed by atoms with van der Waals surface area (Å²) in [6, 6.07) is 6.36. The Bertz CT molecular complexity index is 468. The highest BCUT2D eigenvalue weighted by Crippen LogP contribution is 2.33. The molecule has 0 aliphatic heterocycles. The highest BCUT2D eigenvalue weighted by molar-refractivity contribution is 5.73. The van der Waals surface area contributed by atoms with Crippen LogP contribution in [0.2, 0.25) is 0 Å². The van der Waals surface area contributed by atoms with E-state index in [4.69, 9.17) is 4.42 Å². The van der Waals surface area contributed by atoms with E-state index in [0.717, 1.165) is 22.9 Å². The molecule has 0 unspecified atom stereocenters. The molecule has 1 saturated carbocycles. The first-order valence-electron chi connectivity index (χ1n) is 5.17. The van der Waals surface area contributed by atoms with Crippen LogP contribution in [0.4, 0.5) is 0 Å². The summed E-state index contributed by atoms with van der Waals surface area (Å²) in [4.78, 5) is 4.28. The van der Waals surface area contributed by atoms with Crippen molar-refractivity contribution in [3.05, 3.63) is 29.7 Å². The predicted molar refractivity (Wildman–Crippen MR) is 55.2 cm³/mol. The summed E-state index contributed by atoms with van der Waals surface area (Å²) < 4.78 is 5.50. The minimum atomic E-state index is 0.753. The van der Waals surface area contributed by atoms with Crippen LogP contribution in [-0.2, 0) is 6.42 Å². The number of oxazole rings is 1. The van der Waals surface area contributed by atoms with E-state index < -0.39 is 0 Å². The first kappa shape index (κ1) is 8.04. The summed E-state index contributed by atoms with van der Waals surface area (Å²) in [7, 11) is 0. The van der Waals surface area contributed by atoms with Gasteiger partial charge in [0.1, 0.15) is 5.52 Å². The maximum Gasteiger partial charge on any atom is 0.192 e. The number of rotatable bonds is 2. The molecule has 1 heterocycles. The third kappa shape index (κ3) is 1.41. The maximum absolute atomic E-state index is 5.50. The Balaban J connectivity index is 2.00. The van der Waals surface area contributed by atoms with Crippen LogP contribution >= 0.6 is 0 Å². The van der Waals surface area contributed by atoms with Gasteiger partial charge < -0.3 is 4.42 Å². The molecule has 72 valence electrons. The molecular formula is C12H13NO. The van der Waals surface area contributed by atoms with Crippen LogP contribution in [0.25, 0.3) is 11.1 Å². The fraction of sp³-hybridized carbons (Fsp3) is 0.417. The maximum atomic E-state index is 5.50. The lowest BCUT2D eigenvalue weighted by atomic mass is 10.1. The molecule has 2 nitrogen and oxygen atoms in total. The molecular weight excluding hydrogens is 174 g/mol. The smallest absolute Gasteiger partial charge is 0.192 e. The highest BCUT2D eigenvalue weighted by Gasteiger charge is 2.21. The van der Waals surface area contributed by atoms with Gasteiger partial charge in [0.25, 0.3) is 0 Å². The summed E-state index contributed by atoms with van der Waals surface area (Å²) in [5.41, 5.74) is 3.29. The second-order valence-electron chi connectivity index (χ2n) is 4.18. The van der Waals surface area contributed by atoms with Crippen LogP contribution in [-0.4, -0.2) is 4.98 Å². The van der Waals surface area contributed by atoms with Crippen LogP contribution < -0.4 is 0 Å². The van der Waals surface area contributed by atoms with Crippen LogP contribution in [0.5, 0.6) is 0 Å². The van der Waals surface area contributed by atoms with Crippen LogP contribution in [0.1, 0.15) is 24.3 Å². The number of nitrogens with zero attached hydrogens (tertiary/aromatic N) is 1. The second kappa shape index (κ2) is 2.84. The largest absolute Gasteiger partial charge is 0.441 e. The number of fused-ring (bicyclic) bond motifs is 1. The molecule has 0 saturated heterocycles. The van der Waals surface area contributed by atoms with Gasteiger partial charge in [0, 0.05) is 6.92 Å². The van der Waals surface area contributed by atoms with E-state index in [2.05, 4.69) is 23.2 Å². The second-order valence-corrected chi connectivity index (χ2v) is 4.18. The molecule has 0 N–H and O–H groups in total. The zero-order valence-corrected chi connectivity index (χ0v) is 8.29. The third-order valence-electron chi connectivity index (χ3n) is 2.78. The minimum Gasteiger partial charge on any atom is -0.441 e. The Morgan fingerprint density at radius 2 is 2.29 bits per heavy atom. The summed E-state index contributed by atoms with van der Waals surface area (Å²) >= 11 is 0. The predicted octanol–water partition coefficient (Wildman–Crippen LogP) is 3.09. The van der Waals surface area contributed by atoms with Gasteiger partial charge in [-0.15, -0.1) is 0 Å². The zero-order chi connectivity index (χ0) is 9.54. The van der Waals surface area contributed by atoms with Crippen molar-refractivity contribution in [2.24, 2.45) is 5.92 Å². The topological polar surface area (TPSA) is 26.0 Å². The molecule has 2 heteroatoms. The Kier molecular flexibility index (Phi) is 1.63. The monoisotopic (exact) mass is 187 g/mol. The van der Waals surface area contributed by atoms with Crippen molar-refractivity contribution in [3.8, 4) is 0 Å². The van der Waals surface area contributed by atoms with E-state index in [-0.39, 0.29) is 0 Å². The molecule has 0 spiro atoms. The van der Waals surface area contributed by atoms with Crippen LogP contribution in [0.15, 0.2) is 22.6 Å². The van der Waals surface area contributed by atoms with Gasteiger partial charge in [-0.2, -0.15) is 0 Å². The van der Waals surface area contributed by atoms with Gasteiger partial charge in [0.2, 0.25) is 0 Å². The standard InChI is InChI=1S/C12H13NO/c1-8-13-11-5-4-10(6-9-2-3-9)7-12(11)14-8/h4-5,7,9H,2-3,6H2,1H3. The molecule has 1 aromatic carbocycles. The molecule has 0 atom stereocenters. The summed E-state index contributed by atoms with van der Waals surface area (Å²) in [5, 5.41) is 0. The average molecular weight is 187 g/mol. The van der Waals surface area contributed by atoms with Crippen LogP contribution in [0.3, 0.4) is 0 Å². The molecule has 1 aliphatic carbocycles. The van der Waals surface area contributed by atoms with Gasteiger partial charge in [-0.1, -0.05) is 6.07 Å². The van der Waals surface area contributed by atoms with Gasteiger partial charge >= 0.3 is 0 Å². The molecule has 1 aromatic heterocycles. The summed E-state index contributed by atoms with van der Waals surface area (Å²) in [6.07, 6.45) is 4.00. The summed E-state index contributed by atoms with van der Waals surface area (Å²) in [6.45, 7) is 1.89. The SMILES string of the molecule is Cc1nc2ccc(CC3CC3)cc2o1. The Morgan fingerprint density at radius 1 is 1.43 bits per heavy atom. The normalized spacial score (nSPS) is 16.4. The van der Waals surface area contributed by atoms with Gasteiger partial charge in [-0.25, -0.2) is 4.98 Å². The molecule has 1 aliphatic rings. The Hall–Kier alpha value is -1.31. The third-order valence-corrected chi connectivity index (χ3v) is 2.78. The number of aryl methyl sites for hydroxylation is 1. The molecule has 3 rings (SSSR count).